The molecule has 0 atom stereocenters. The Morgan fingerprint density at radius 2 is 1.60 bits per heavy atom. The van der Waals surface area contributed by atoms with Crippen LogP contribution in [0.2, 0.25) is 0 Å². The van der Waals surface area contributed by atoms with Gasteiger partial charge in [-0.25, -0.2) is 13.8 Å². The van der Waals surface area contributed by atoms with Crippen molar-refractivity contribution < 1.29 is 13.5 Å². The number of rotatable bonds is 5. The Labute approximate surface area is 143 Å². The molecule has 3 aromatic rings. The largest absolute Gasteiger partial charge is 0.497 e. The van der Waals surface area contributed by atoms with Crippen LogP contribution in [0.3, 0.4) is 0 Å². The van der Waals surface area contributed by atoms with Crippen molar-refractivity contribution >= 4 is 23.1 Å². The average Bonchev–Trinajstić information content (AvgIpc) is 2.58. The Morgan fingerprint density at radius 1 is 0.920 bits per heavy atom. The van der Waals surface area contributed by atoms with E-state index in [1.165, 1.54) is 18.2 Å². The monoisotopic (exact) mass is 342 g/mol. The molecule has 128 valence electrons. The van der Waals surface area contributed by atoms with Crippen LogP contribution in [-0.4, -0.2) is 17.1 Å². The molecule has 0 aliphatic rings. The van der Waals surface area contributed by atoms with Gasteiger partial charge in [-0.1, -0.05) is 6.07 Å². The van der Waals surface area contributed by atoms with Crippen LogP contribution in [0.15, 0.2) is 48.5 Å². The van der Waals surface area contributed by atoms with Gasteiger partial charge in [0.2, 0.25) is 5.95 Å². The number of nitrogens with zero attached hydrogens (tertiary/aromatic N) is 2. The summed E-state index contributed by atoms with van der Waals surface area (Å²) < 4.78 is 32.7. The molecule has 2 aromatic carbocycles. The first-order valence-corrected chi connectivity index (χ1v) is 7.53. The number of halogens is 2. The molecule has 0 spiro atoms. The molecule has 0 amide bonds. The van der Waals surface area contributed by atoms with Crippen molar-refractivity contribution in [3.8, 4) is 5.75 Å². The summed E-state index contributed by atoms with van der Waals surface area (Å²) >= 11 is 0. The molecule has 0 saturated carbocycles. The quantitative estimate of drug-likeness (QED) is 0.712. The second-order valence-corrected chi connectivity index (χ2v) is 5.29. The smallest absolute Gasteiger partial charge is 0.229 e. The van der Waals surface area contributed by atoms with Crippen molar-refractivity contribution in [1.82, 2.24) is 9.97 Å². The number of para-hydroxylation sites is 1. The summed E-state index contributed by atoms with van der Waals surface area (Å²) in [6.07, 6.45) is 0. The Hall–Kier alpha value is -3.22. The number of nitrogens with one attached hydrogen (secondary N) is 2. The van der Waals surface area contributed by atoms with Gasteiger partial charge < -0.3 is 15.4 Å². The molecule has 0 fully saturated rings. The standard InChI is InChI=1S/C18H16F2N4O/c1-11-10-16(23-17-14(19)4-3-5-15(17)20)24-18(21-11)22-12-6-8-13(25-2)9-7-12/h3-10H,1-2H3,(H2,21,22,23,24). The van der Waals surface area contributed by atoms with Gasteiger partial charge in [-0.2, -0.15) is 4.98 Å². The molecule has 0 saturated heterocycles. The van der Waals surface area contributed by atoms with Gasteiger partial charge in [-0.05, 0) is 43.3 Å². The SMILES string of the molecule is COc1ccc(Nc2nc(C)cc(Nc3c(F)cccc3F)n2)cc1. The summed E-state index contributed by atoms with van der Waals surface area (Å²) in [5.74, 6) is -0.0631. The van der Waals surface area contributed by atoms with E-state index in [0.29, 0.717) is 11.6 Å². The third kappa shape index (κ3) is 4.00. The van der Waals surface area contributed by atoms with Gasteiger partial charge >= 0.3 is 0 Å². The minimum Gasteiger partial charge on any atom is -0.497 e. The van der Waals surface area contributed by atoms with Gasteiger partial charge in [0, 0.05) is 17.4 Å². The summed E-state index contributed by atoms with van der Waals surface area (Å²) in [5.41, 5.74) is 1.15. The van der Waals surface area contributed by atoms with Crippen LogP contribution in [0.4, 0.5) is 31.9 Å². The Balaban J connectivity index is 1.85. The predicted octanol–water partition coefficient (Wildman–Crippen LogP) is 4.56. The van der Waals surface area contributed by atoms with Gasteiger partial charge in [-0.3, -0.25) is 0 Å². The van der Waals surface area contributed by atoms with Gasteiger partial charge in [0.15, 0.2) is 0 Å². The first-order valence-electron chi connectivity index (χ1n) is 7.53. The highest BCUT2D eigenvalue weighted by atomic mass is 19.1. The van der Waals surface area contributed by atoms with Crippen molar-refractivity contribution in [3.05, 3.63) is 65.9 Å². The molecular weight excluding hydrogens is 326 g/mol. The molecule has 1 aromatic heterocycles. The number of ether oxygens (including phenoxy) is 1. The lowest BCUT2D eigenvalue weighted by Crippen LogP contribution is -2.04. The second-order valence-electron chi connectivity index (χ2n) is 5.29. The molecule has 0 aliphatic heterocycles. The third-order valence-corrected chi connectivity index (χ3v) is 3.42. The van der Waals surface area contributed by atoms with Gasteiger partial charge in [0.25, 0.3) is 0 Å². The van der Waals surface area contributed by atoms with Gasteiger partial charge in [-0.15, -0.1) is 0 Å². The topological polar surface area (TPSA) is 59.1 Å². The molecule has 0 aliphatic carbocycles. The van der Waals surface area contributed by atoms with E-state index in [9.17, 15) is 8.78 Å². The summed E-state index contributed by atoms with van der Waals surface area (Å²) in [6.45, 7) is 1.77. The molecule has 2 N–H and O–H groups in total. The lowest BCUT2D eigenvalue weighted by Gasteiger charge is -2.11. The number of anilines is 4. The predicted molar refractivity (Wildman–Crippen MR) is 92.7 cm³/mol. The van der Waals surface area contributed by atoms with E-state index in [0.717, 1.165) is 11.4 Å². The number of benzene rings is 2. The van der Waals surface area contributed by atoms with E-state index >= 15 is 0 Å². The van der Waals surface area contributed by atoms with E-state index in [-0.39, 0.29) is 11.5 Å². The highest BCUT2D eigenvalue weighted by Crippen LogP contribution is 2.24. The lowest BCUT2D eigenvalue weighted by atomic mass is 10.3. The summed E-state index contributed by atoms with van der Waals surface area (Å²) in [4.78, 5) is 8.53. The van der Waals surface area contributed by atoms with Crippen LogP contribution < -0.4 is 15.4 Å². The Kier molecular flexibility index (Phi) is 4.74. The van der Waals surface area contributed by atoms with E-state index in [1.54, 1.807) is 32.2 Å². The molecular formula is C18H16F2N4O. The summed E-state index contributed by atoms with van der Waals surface area (Å²) in [6, 6.07) is 12.5. The van der Waals surface area contributed by atoms with Crippen molar-refractivity contribution in [1.29, 1.82) is 0 Å². The molecule has 7 heteroatoms. The zero-order valence-electron chi connectivity index (χ0n) is 13.7. The maximum Gasteiger partial charge on any atom is 0.229 e. The maximum atomic E-state index is 13.8. The average molecular weight is 342 g/mol. The number of hydrogen-bond donors (Lipinski definition) is 2. The molecule has 0 bridgehead atoms. The van der Waals surface area contributed by atoms with Crippen LogP contribution in [0, 0.1) is 18.6 Å². The van der Waals surface area contributed by atoms with E-state index < -0.39 is 11.6 Å². The zero-order chi connectivity index (χ0) is 17.8. The molecule has 5 nitrogen and oxygen atoms in total. The summed E-state index contributed by atoms with van der Waals surface area (Å²) in [7, 11) is 1.59. The normalized spacial score (nSPS) is 10.4. The summed E-state index contributed by atoms with van der Waals surface area (Å²) in [5, 5.41) is 5.71. The number of aromatic nitrogens is 2. The van der Waals surface area contributed by atoms with E-state index in [4.69, 9.17) is 4.74 Å². The zero-order valence-corrected chi connectivity index (χ0v) is 13.7. The van der Waals surface area contributed by atoms with Gasteiger partial charge in [0.05, 0.1) is 7.11 Å². The van der Waals surface area contributed by atoms with Crippen LogP contribution >= 0.6 is 0 Å². The molecule has 0 unspecified atom stereocenters. The minimum absolute atomic E-state index is 0.254. The molecule has 3 rings (SSSR count). The van der Waals surface area contributed by atoms with Crippen molar-refractivity contribution in [3.63, 3.8) is 0 Å². The first kappa shape index (κ1) is 16.6. The highest BCUT2D eigenvalue weighted by molar-refractivity contribution is 5.61. The fourth-order valence-electron chi connectivity index (χ4n) is 2.24. The maximum absolute atomic E-state index is 13.8. The second kappa shape index (κ2) is 7.12. The number of hydrogen-bond acceptors (Lipinski definition) is 5. The third-order valence-electron chi connectivity index (χ3n) is 3.42. The minimum atomic E-state index is -0.694. The van der Waals surface area contributed by atoms with Crippen LogP contribution in [0.1, 0.15) is 5.69 Å². The Morgan fingerprint density at radius 3 is 2.24 bits per heavy atom. The van der Waals surface area contributed by atoms with E-state index in [1.807, 2.05) is 12.1 Å². The number of methoxy groups -OCH3 is 1. The highest BCUT2D eigenvalue weighted by Gasteiger charge is 2.10. The molecule has 1 heterocycles. The van der Waals surface area contributed by atoms with Crippen molar-refractivity contribution in [2.75, 3.05) is 17.7 Å². The van der Waals surface area contributed by atoms with Crippen molar-refractivity contribution in [2.24, 2.45) is 0 Å². The van der Waals surface area contributed by atoms with Crippen LogP contribution in [-0.2, 0) is 0 Å². The first-order chi connectivity index (χ1) is 12.0. The van der Waals surface area contributed by atoms with Gasteiger partial charge in [0.1, 0.15) is 28.9 Å². The van der Waals surface area contributed by atoms with Crippen LogP contribution in [0.5, 0.6) is 5.75 Å². The van der Waals surface area contributed by atoms with Crippen molar-refractivity contribution in [2.45, 2.75) is 6.92 Å². The fraction of sp³-hybridized carbons (Fsp3) is 0.111. The fourth-order valence-corrected chi connectivity index (χ4v) is 2.24. The molecule has 25 heavy (non-hydrogen) atoms. The van der Waals surface area contributed by atoms with Crippen LogP contribution in [0.25, 0.3) is 0 Å². The number of aryl methyl sites for hydroxylation is 1. The molecule has 0 radical (unpaired) electrons. The lowest BCUT2D eigenvalue weighted by molar-refractivity contribution is 0.415. The Bertz CT molecular complexity index is 864. The van der Waals surface area contributed by atoms with E-state index in [2.05, 4.69) is 20.6 Å².